The van der Waals surface area contributed by atoms with Crippen molar-refractivity contribution in [3.05, 3.63) is 108 Å². The molecule has 7 heteroatoms. The molecule has 0 spiro atoms. The SMILES string of the molecule is Cc1ccccc1-n1c(C=Cc2ccccc2[N+](=O)[O-])nc2ccc(I)cc2c1=O. The van der Waals surface area contributed by atoms with Gasteiger partial charge >= 0.3 is 0 Å². The van der Waals surface area contributed by atoms with E-state index in [1.54, 1.807) is 34.9 Å². The molecule has 0 radical (unpaired) electrons. The molecule has 0 unspecified atom stereocenters. The van der Waals surface area contributed by atoms with Gasteiger partial charge in [-0.1, -0.05) is 30.3 Å². The van der Waals surface area contributed by atoms with Gasteiger partial charge in [0.05, 0.1) is 27.1 Å². The highest BCUT2D eigenvalue weighted by Crippen LogP contribution is 2.22. The molecule has 0 atom stereocenters. The number of hydrogen-bond donors (Lipinski definition) is 0. The number of para-hydroxylation sites is 2. The maximum Gasteiger partial charge on any atom is 0.276 e. The van der Waals surface area contributed by atoms with Crippen molar-refractivity contribution in [2.45, 2.75) is 6.92 Å². The van der Waals surface area contributed by atoms with E-state index in [-0.39, 0.29) is 11.2 Å². The number of aromatic nitrogens is 2. The molecular formula is C23H16IN3O3. The molecule has 0 amide bonds. The van der Waals surface area contributed by atoms with Gasteiger partial charge < -0.3 is 0 Å². The zero-order chi connectivity index (χ0) is 21.3. The fourth-order valence-electron chi connectivity index (χ4n) is 3.29. The van der Waals surface area contributed by atoms with Gasteiger partial charge in [0.15, 0.2) is 0 Å². The van der Waals surface area contributed by atoms with Gasteiger partial charge in [-0.25, -0.2) is 4.98 Å². The quantitative estimate of drug-likeness (QED) is 0.210. The molecule has 0 saturated heterocycles. The molecule has 0 fully saturated rings. The van der Waals surface area contributed by atoms with Gasteiger partial charge in [-0.15, -0.1) is 0 Å². The Hall–Kier alpha value is -3.33. The van der Waals surface area contributed by atoms with E-state index >= 15 is 0 Å². The normalized spacial score (nSPS) is 11.3. The topological polar surface area (TPSA) is 78.0 Å². The number of aryl methyl sites for hydroxylation is 1. The molecule has 30 heavy (non-hydrogen) atoms. The molecule has 1 heterocycles. The van der Waals surface area contributed by atoms with Crippen LogP contribution in [0.25, 0.3) is 28.7 Å². The van der Waals surface area contributed by atoms with Crippen LogP contribution in [0.3, 0.4) is 0 Å². The number of nitro benzene ring substituents is 1. The van der Waals surface area contributed by atoms with Crippen LogP contribution in [0.5, 0.6) is 0 Å². The van der Waals surface area contributed by atoms with Crippen LogP contribution in [0, 0.1) is 20.6 Å². The smallest absolute Gasteiger partial charge is 0.268 e. The lowest BCUT2D eigenvalue weighted by Gasteiger charge is -2.13. The summed E-state index contributed by atoms with van der Waals surface area (Å²) < 4.78 is 2.50. The number of nitro groups is 1. The fraction of sp³-hybridized carbons (Fsp3) is 0.0435. The maximum atomic E-state index is 13.4. The van der Waals surface area contributed by atoms with Gasteiger partial charge in [0.25, 0.3) is 11.2 Å². The number of fused-ring (bicyclic) bond motifs is 1. The third kappa shape index (κ3) is 3.76. The van der Waals surface area contributed by atoms with Crippen LogP contribution in [0.4, 0.5) is 5.69 Å². The van der Waals surface area contributed by atoms with Crippen molar-refractivity contribution in [1.82, 2.24) is 9.55 Å². The van der Waals surface area contributed by atoms with E-state index in [2.05, 4.69) is 27.6 Å². The summed E-state index contributed by atoms with van der Waals surface area (Å²) in [5.41, 5.74) is 2.47. The third-order valence-corrected chi connectivity index (χ3v) is 5.43. The second-order valence-corrected chi connectivity index (χ2v) is 7.95. The average molecular weight is 509 g/mol. The van der Waals surface area contributed by atoms with Crippen molar-refractivity contribution in [3.8, 4) is 5.69 Å². The van der Waals surface area contributed by atoms with E-state index in [0.717, 1.165) is 14.8 Å². The molecule has 0 N–H and O–H groups in total. The minimum atomic E-state index is -0.427. The Labute approximate surface area is 185 Å². The number of rotatable bonds is 4. The maximum absolute atomic E-state index is 13.4. The van der Waals surface area contributed by atoms with Gasteiger partial charge in [-0.3, -0.25) is 19.5 Å². The van der Waals surface area contributed by atoms with E-state index in [0.29, 0.717) is 22.3 Å². The number of nitrogens with zero attached hydrogens (tertiary/aromatic N) is 3. The lowest BCUT2D eigenvalue weighted by atomic mass is 10.1. The Kier molecular flexibility index (Phi) is 5.45. The monoisotopic (exact) mass is 509 g/mol. The summed E-state index contributed by atoms with van der Waals surface area (Å²) in [5.74, 6) is 0.404. The highest BCUT2D eigenvalue weighted by Gasteiger charge is 2.14. The molecule has 0 aliphatic heterocycles. The second-order valence-electron chi connectivity index (χ2n) is 6.71. The number of hydrogen-bond acceptors (Lipinski definition) is 4. The molecule has 0 saturated carbocycles. The summed E-state index contributed by atoms with van der Waals surface area (Å²) in [6, 6.07) is 19.5. The van der Waals surface area contributed by atoms with Crippen LogP contribution in [-0.2, 0) is 0 Å². The van der Waals surface area contributed by atoms with Gasteiger partial charge in [-0.2, -0.15) is 0 Å². The summed E-state index contributed by atoms with van der Waals surface area (Å²) in [6.45, 7) is 1.93. The first-order valence-electron chi connectivity index (χ1n) is 9.15. The molecule has 3 aromatic carbocycles. The molecule has 1 aromatic heterocycles. The lowest BCUT2D eigenvalue weighted by Crippen LogP contribution is -2.23. The summed E-state index contributed by atoms with van der Waals surface area (Å²) in [6.07, 6.45) is 3.26. The van der Waals surface area contributed by atoms with E-state index in [9.17, 15) is 14.9 Å². The van der Waals surface area contributed by atoms with Crippen molar-refractivity contribution in [2.24, 2.45) is 0 Å². The summed E-state index contributed by atoms with van der Waals surface area (Å²) in [4.78, 5) is 29.0. The van der Waals surface area contributed by atoms with Gasteiger partial charge in [-0.05, 0) is 77.6 Å². The van der Waals surface area contributed by atoms with Crippen molar-refractivity contribution < 1.29 is 4.92 Å². The first kappa shape index (κ1) is 20.0. The Morgan fingerprint density at radius 2 is 1.77 bits per heavy atom. The number of halogens is 1. The van der Waals surface area contributed by atoms with Crippen LogP contribution < -0.4 is 5.56 Å². The largest absolute Gasteiger partial charge is 0.276 e. The van der Waals surface area contributed by atoms with Crippen LogP contribution in [0.1, 0.15) is 17.0 Å². The first-order valence-corrected chi connectivity index (χ1v) is 10.2. The average Bonchev–Trinajstić information content (AvgIpc) is 2.74. The van der Waals surface area contributed by atoms with E-state index in [1.807, 2.05) is 49.4 Å². The molecule has 0 aliphatic rings. The van der Waals surface area contributed by atoms with Crippen molar-refractivity contribution >= 4 is 51.3 Å². The Bertz CT molecular complexity index is 1380. The first-order chi connectivity index (χ1) is 14.5. The van der Waals surface area contributed by atoms with Crippen LogP contribution in [-0.4, -0.2) is 14.5 Å². The third-order valence-electron chi connectivity index (χ3n) is 4.76. The fourth-order valence-corrected chi connectivity index (χ4v) is 3.78. The van der Waals surface area contributed by atoms with Crippen molar-refractivity contribution in [2.75, 3.05) is 0 Å². The Balaban J connectivity index is 1.99. The van der Waals surface area contributed by atoms with E-state index in [1.165, 1.54) is 6.07 Å². The molecule has 4 aromatic rings. The molecule has 0 bridgehead atoms. The molecule has 148 valence electrons. The minimum Gasteiger partial charge on any atom is -0.268 e. The predicted octanol–water partition coefficient (Wildman–Crippen LogP) is 5.38. The molecule has 4 rings (SSSR count). The van der Waals surface area contributed by atoms with Gasteiger partial charge in [0, 0.05) is 9.64 Å². The Morgan fingerprint density at radius 3 is 2.53 bits per heavy atom. The van der Waals surface area contributed by atoms with E-state index < -0.39 is 4.92 Å². The highest BCUT2D eigenvalue weighted by atomic mass is 127. The van der Waals surface area contributed by atoms with Crippen LogP contribution in [0.15, 0.2) is 71.5 Å². The summed E-state index contributed by atoms with van der Waals surface area (Å²) in [5, 5.41) is 11.8. The zero-order valence-corrected chi connectivity index (χ0v) is 18.1. The molecular weight excluding hydrogens is 493 g/mol. The van der Waals surface area contributed by atoms with E-state index in [4.69, 9.17) is 0 Å². The zero-order valence-electron chi connectivity index (χ0n) is 15.9. The number of benzene rings is 3. The van der Waals surface area contributed by atoms with Gasteiger partial charge in [0.1, 0.15) is 5.82 Å². The van der Waals surface area contributed by atoms with Crippen molar-refractivity contribution in [1.29, 1.82) is 0 Å². The summed E-state index contributed by atoms with van der Waals surface area (Å²) >= 11 is 2.17. The van der Waals surface area contributed by atoms with Crippen molar-refractivity contribution in [3.63, 3.8) is 0 Å². The van der Waals surface area contributed by atoms with Crippen LogP contribution >= 0.6 is 22.6 Å². The highest BCUT2D eigenvalue weighted by molar-refractivity contribution is 14.1. The van der Waals surface area contributed by atoms with Gasteiger partial charge in [0.2, 0.25) is 0 Å². The predicted molar refractivity (Wildman–Crippen MR) is 127 cm³/mol. The lowest BCUT2D eigenvalue weighted by molar-refractivity contribution is -0.385. The minimum absolute atomic E-state index is 0.00567. The standard InChI is InChI=1S/C23H16IN3O3/c1-15-6-2-4-8-20(15)26-22(13-10-16-7-3-5-9-21(16)27(29)30)25-19-12-11-17(24)14-18(19)23(26)28/h2-14H,1H3. The molecule has 0 aliphatic carbocycles. The Morgan fingerprint density at radius 1 is 1.03 bits per heavy atom. The van der Waals surface area contributed by atoms with Crippen LogP contribution in [0.2, 0.25) is 0 Å². The summed E-state index contributed by atoms with van der Waals surface area (Å²) in [7, 11) is 0. The molecule has 6 nitrogen and oxygen atoms in total. The second kappa shape index (κ2) is 8.19.